The van der Waals surface area contributed by atoms with Crippen LogP contribution in [-0.2, 0) is 44.7 Å². The molecule has 4 N–H and O–H groups in total. The molecule has 0 bridgehead atoms. The molecule has 0 saturated carbocycles. The number of nitrogens with two attached hydrogens (primary N) is 1. The van der Waals surface area contributed by atoms with Crippen LogP contribution >= 0.6 is 0 Å². The van der Waals surface area contributed by atoms with E-state index in [1.165, 1.54) is 9.80 Å². The van der Waals surface area contributed by atoms with Gasteiger partial charge in [-0.1, -0.05) is 58.0 Å². The number of aliphatic hydroxyl groups is 1. The molecule has 0 radical (unpaired) electrons. The van der Waals surface area contributed by atoms with Crippen molar-refractivity contribution in [1.82, 2.24) is 19.7 Å². The van der Waals surface area contributed by atoms with Gasteiger partial charge in [-0.3, -0.25) is 28.9 Å². The van der Waals surface area contributed by atoms with Gasteiger partial charge in [-0.2, -0.15) is 0 Å². The molecule has 2 heterocycles. The maximum atomic E-state index is 15.0. The topological polar surface area (TPSA) is 183 Å². The highest BCUT2D eigenvalue weighted by atomic mass is 19.1. The first kappa shape index (κ1) is 48.8. The maximum absolute atomic E-state index is 15.0. The van der Waals surface area contributed by atoms with E-state index in [0.29, 0.717) is 50.7 Å². The second kappa shape index (κ2) is 23.9. The summed E-state index contributed by atoms with van der Waals surface area (Å²) < 4.78 is 47.6. The van der Waals surface area contributed by atoms with Crippen molar-refractivity contribution in [2.75, 3.05) is 65.9 Å². The van der Waals surface area contributed by atoms with Crippen LogP contribution in [0.25, 0.3) is 11.1 Å². The quantitative estimate of drug-likeness (QED) is 0.0773. The van der Waals surface area contributed by atoms with Crippen molar-refractivity contribution < 1.29 is 52.1 Å². The molecular weight excluding hydrogens is 793 g/mol. The first-order chi connectivity index (χ1) is 29.1. The average Bonchev–Trinajstić information content (AvgIpc) is 3.73. The normalized spacial score (nSPS) is 15.3. The van der Waals surface area contributed by atoms with Crippen LogP contribution in [-0.4, -0.2) is 121 Å². The number of halogens is 2. The minimum absolute atomic E-state index is 0.0119. The number of carbonyl (C=O) groups is 5. The number of ketones is 1. The molecule has 61 heavy (non-hydrogen) atoms. The summed E-state index contributed by atoms with van der Waals surface area (Å²) in [7, 11) is 0. The number of carbonyl (C=O) groups excluding carboxylic acids is 5. The number of Topliss-reactive ketones (excluding diaryl/α,β-unsaturated/α-hetero) is 1. The van der Waals surface area contributed by atoms with Crippen molar-refractivity contribution in [3.63, 3.8) is 0 Å². The molecule has 334 valence electrons. The van der Waals surface area contributed by atoms with Crippen LogP contribution < -0.4 is 11.1 Å². The van der Waals surface area contributed by atoms with Gasteiger partial charge in [0, 0.05) is 67.8 Å². The second-order valence-electron chi connectivity index (χ2n) is 16.3. The molecule has 2 aromatic carbocycles. The first-order valence-electron chi connectivity index (χ1n) is 20.8. The monoisotopic (exact) mass is 853 g/mol. The molecule has 16 heteroatoms. The molecule has 14 nitrogen and oxygen atoms in total. The third-order valence-electron chi connectivity index (χ3n) is 10.4. The highest BCUT2D eigenvalue weighted by Gasteiger charge is 2.38. The Bertz CT molecular complexity index is 1920. The van der Waals surface area contributed by atoms with Gasteiger partial charge in [-0.15, -0.1) is 0 Å². The molecule has 1 aliphatic rings. The smallest absolute Gasteiger partial charge is 0.248 e. The Morgan fingerprint density at radius 3 is 2.26 bits per heavy atom. The van der Waals surface area contributed by atoms with Crippen molar-refractivity contribution in [3.05, 3.63) is 83.7 Å². The zero-order chi connectivity index (χ0) is 44.5. The molecule has 1 aromatic heterocycles. The summed E-state index contributed by atoms with van der Waals surface area (Å²) in [5.74, 6) is -2.88. The molecule has 1 fully saturated rings. The van der Waals surface area contributed by atoms with E-state index in [-0.39, 0.29) is 87.6 Å². The summed E-state index contributed by atoms with van der Waals surface area (Å²) in [4.78, 5) is 65.3. The zero-order valence-electron chi connectivity index (χ0n) is 35.7. The van der Waals surface area contributed by atoms with Crippen LogP contribution in [0.3, 0.4) is 0 Å². The molecule has 4 amide bonds. The van der Waals surface area contributed by atoms with Crippen LogP contribution in [0, 0.1) is 23.0 Å². The molecule has 0 spiro atoms. The summed E-state index contributed by atoms with van der Waals surface area (Å²) >= 11 is 0. The van der Waals surface area contributed by atoms with E-state index in [9.17, 15) is 33.5 Å². The number of hydrogen-bond acceptors (Lipinski definition) is 10. The van der Waals surface area contributed by atoms with E-state index in [1.54, 1.807) is 19.2 Å². The Balaban J connectivity index is 1.21. The Hall–Kier alpha value is -4.87. The SMILES string of the molecule is CC1CC(=O)N(CCOCCOCCOCCC(=O)CCCNC(=O)[C@@H](N)CCN(C(=O)CO)[C@@H](c2cc(-c3cc(F)ccc3F)cn2Cc2ccccc2)C(C)(C)C)C1=O. The van der Waals surface area contributed by atoms with Gasteiger partial charge in [0.1, 0.15) is 24.0 Å². The lowest BCUT2D eigenvalue weighted by Gasteiger charge is -2.41. The highest BCUT2D eigenvalue weighted by molar-refractivity contribution is 6.03. The molecular formula is C45H61F2N5O9. The lowest BCUT2D eigenvalue weighted by atomic mass is 9.82. The predicted molar refractivity (Wildman–Crippen MR) is 224 cm³/mol. The van der Waals surface area contributed by atoms with E-state index in [0.717, 1.165) is 23.8 Å². The Kier molecular flexibility index (Phi) is 19.2. The number of likely N-dealkylation sites (tertiary alicyclic amines) is 1. The second-order valence-corrected chi connectivity index (χ2v) is 16.3. The van der Waals surface area contributed by atoms with Crippen LogP contribution in [0.2, 0.25) is 0 Å². The third kappa shape index (κ3) is 14.9. The van der Waals surface area contributed by atoms with Gasteiger partial charge in [0.05, 0.1) is 58.3 Å². The number of nitrogens with one attached hydrogen (secondary N) is 1. The number of rotatable bonds is 26. The fourth-order valence-electron chi connectivity index (χ4n) is 7.23. The lowest BCUT2D eigenvalue weighted by Crippen LogP contribution is -2.47. The largest absolute Gasteiger partial charge is 0.387 e. The molecule has 1 saturated heterocycles. The van der Waals surface area contributed by atoms with Gasteiger partial charge < -0.3 is 39.8 Å². The Labute approximate surface area is 356 Å². The summed E-state index contributed by atoms with van der Waals surface area (Å²) in [6.45, 7) is 9.26. The summed E-state index contributed by atoms with van der Waals surface area (Å²) in [6, 6.07) is 12.9. The standard InChI is InChI=1S/C45H61F2N5O9/c1-31-25-40(55)52(44(31)58)18-20-60-22-24-61-23-21-59-19-15-35(54)11-8-16-49-43(57)38(48)14-17-51(41(56)30-53)42(45(2,3)4)39-26-33(36-27-34(46)12-13-37(36)47)29-50(39)28-32-9-6-5-7-10-32/h5-7,9-10,12-13,26-27,29,31,38,42,53H,8,11,14-25,28,30,48H2,1-4H3,(H,49,57)/t31?,38-,42-/m0/s1. The highest BCUT2D eigenvalue weighted by Crippen LogP contribution is 2.41. The number of amides is 4. The minimum Gasteiger partial charge on any atom is -0.387 e. The first-order valence-corrected chi connectivity index (χ1v) is 20.8. The number of aliphatic hydroxyl groups excluding tert-OH is 1. The summed E-state index contributed by atoms with van der Waals surface area (Å²) in [5, 5.41) is 12.9. The fraction of sp³-hybridized carbons (Fsp3) is 0.533. The van der Waals surface area contributed by atoms with Crippen LogP contribution in [0.4, 0.5) is 8.78 Å². The van der Waals surface area contributed by atoms with Gasteiger partial charge in [0.2, 0.25) is 23.6 Å². The average molecular weight is 854 g/mol. The number of benzene rings is 2. The van der Waals surface area contributed by atoms with E-state index in [4.69, 9.17) is 19.9 Å². The van der Waals surface area contributed by atoms with Gasteiger partial charge >= 0.3 is 0 Å². The van der Waals surface area contributed by atoms with Crippen molar-refractivity contribution in [2.45, 2.75) is 78.4 Å². The molecule has 1 unspecified atom stereocenters. The summed E-state index contributed by atoms with van der Waals surface area (Å²) in [6.07, 6.45) is 2.86. The lowest BCUT2D eigenvalue weighted by molar-refractivity contribution is -0.141. The van der Waals surface area contributed by atoms with E-state index < -0.39 is 47.6 Å². The predicted octanol–water partition coefficient (Wildman–Crippen LogP) is 4.41. The number of hydrogen-bond donors (Lipinski definition) is 3. The van der Waals surface area contributed by atoms with Gasteiger partial charge in [0.15, 0.2) is 0 Å². The Morgan fingerprint density at radius 2 is 1.62 bits per heavy atom. The number of imide groups is 1. The van der Waals surface area contributed by atoms with E-state index >= 15 is 4.39 Å². The van der Waals surface area contributed by atoms with E-state index in [2.05, 4.69) is 5.32 Å². The summed E-state index contributed by atoms with van der Waals surface area (Å²) in [5.41, 5.74) is 7.71. The van der Waals surface area contributed by atoms with Crippen LogP contribution in [0.5, 0.6) is 0 Å². The number of nitrogens with zero attached hydrogens (tertiary/aromatic N) is 3. The fourth-order valence-corrected chi connectivity index (χ4v) is 7.23. The van der Waals surface area contributed by atoms with Crippen molar-refractivity contribution in [1.29, 1.82) is 0 Å². The zero-order valence-corrected chi connectivity index (χ0v) is 35.7. The van der Waals surface area contributed by atoms with Crippen molar-refractivity contribution in [3.8, 4) is 11.1 Å². The van der Waals surface area contributed by atoms with Gasteiger partial charge in [0.25, 0.3) is 0 Å². The number of ether oxygens (including phenoxy) is 3. The van der Waals surface area contributed by atoms with Gasteiger partial charge in [-0.05, 0) is 48.1 Å². The van der Waals surface area contributed by atoms with Crippen LogP contribution in [0.15, 0.2) is 60.8 Å². The third-order valence-corrected chi connectivity index (χ3v) is 10.4. The molecule has 0 aliphatic carbocycles. The van der Waals surface area contributed by atoms with Crippen molar-refractivity contribution >= 4 is 29.4 Å². The molecule has 3 atom stereocenters. The maximum Gasteiger partial charge on any atom is 0.248 e. The molecule has 3 aromatic rings. The van der Waals surface area contributed by atoms with Crippen LogP contribution in [0.1, 0.15) is 77.1 Å². The van der Waals surface area contributed by atoms with Crippen molar-refractivity contribution in [2.24, 2.45) is 17.1 Å². The van der Waals surface area contributed by atoms with Gasteiger partial charge in [-0.25, -0.2) is 8.78 Å². The Morgan fingerprint density at radius 1 is 0.951 bits per heavy atom. The van der Waals surface area contributed by atoms with E-state index in [1.807, 2.05) is 55.7 Å². The minimum atomic E-state index is -1.00. The molecule has 4 rings (SSSR count). The molecule has 1 aliphatic heterocycles. The number of aromatic nitrogens is 1.